The highest BCUT2D eigenvalue weighted by atomic mass is 19.4. The molecule has 0 saturated carbocycles. The summed E-state index contributed by atoms with van der Waals surface area (Å²) in [5.41, 5.74) is 1.75. The average molecular weight is 421 g/mol. The van der Waals surface area contributed by atoms with Crippen molar-refractivity contribution < 1.29 is 22.4 Å². The van der Waals surface area contributed by atoms with Crippen molar-refractivity contribution in [2.24, 2.45) is 0 Å². The van der Waals surface area contributed by atoms with Crippen LogP contribution in [-0.4, -0.2) is 56.8 Å². The number of rotatable bonds is 8. The van der Waals surface area contributed by atoms with Crippen LogP contribution in [0.5, 0.6) is 0 Å². The number of nitrogens with zero attached hydrogens (tertiary/aromatic N) is 5. The maximum absolute atomic E-state index is 13.0. The van der Waals surface area contributed by atoms with Gasteiger partial charge in [-0.1, -0.05) is 12.1 Å². The lowest BCUT2D eigenvalue weighted by Crippen LogP contribution is -2.43. The first-order valence-corrected chi connectivity index (χ1v) is 9.25. The lowest BCUT2D eigenvalue weighted by atomic mass is 10.1. The van der Waals surface area contributed by atoms with Crippen molar-refractivity contribution in [2.45, 2.75) is 25.7 Å². The van der Waals surface area contributed by atoms with E-state index in [1.54, 1.807) is 35.1 Å². The fourth-order valence-corrected chi connectivity index (χ4v) is 2.99. The topological polar surface area (TPSA) is 67.4 Å². The summed E-state index contributed by atoms with van der Waals surface area (Å²) in [5.74, 6) is -0.329. The van der Waals surface area contributed by atoms with Crippen molar-refractivity contribution in [3.8, 4) is 5.69 Å². The zero-order valence-corrected chi connectivity index (χ0v) is 16.6. The molecule has 0 bridgehead atoms. The zero-order valence-electron chi connectivity index (χ0n) is 16.6. The second-order valence-corrected chi connectivity index (χ2v) is 6.97. The number of carbonyl (C=O) groups is 1. The highest BCUT2D eigenvalue weighted by Gasteiger charge is 2.34. The summed E-state index contributed by atoms with van der Waals surface area (Å²) in [5, 5.41) is 4.06. The van der Waals surface area contributed by atoms with Crippen LogP contribution in [0.1, 0.15) is 24.3 Å². The molecule has 2 aromatic heterocycles. The van der Waals surface area contributed by atoms with Gasteiger partial charge in [-0.15, -0.1) is 0 Å². The molecule has 0 N–H and O–H groups in total. The van der Waals surface area contributed by atoms with E-state index in [4.69, 9.17) is 4.42 Å². The van der Waals surface area contributed by atoms with Gasteiger partial charge in [-0.3, -0.25) is 9.69 Å². The highest BCUT2D eigenvalue weighted by Crippen LogP contribution is 2.22. The van der Waals surface area contributed by atoms with Crippen LogP contribution in [0.15, 0.2) is 59.7 Å². The molecule has 0 aliphatic carbocycles. The van der Waals surface area contributed by atoms with E-state index in [9.17, 15) is 18.0 Å². The summed E-state index contributed by atoms with van der Waals surface area (Å²) in [6.07, 6.45) is -0.116. The van der Waals surface area contributed by atoms with Crippen molar-refractivity contribution >= 4 is 5.91 Å². The fourth-order valence-electron chi connectivity index (χ4n) is 2.99. The minimum Gasteiger partial charge on any atom is -0.467 e. The molecule has 7 nitrogen and oxygen atoms in total. The molecule has 0 unspecified atom stereocenters. The Morgan fingerprint density at radius 1 is 1.23 bits per heavy atom. The number of carbonyl (C=O) groups excluding carboxylic acids is 1. The van der Waals surface area contributed by atoms with Crippen molar-refractivity contribution in [3.05, 3.63) is 66.6 Å². The second-order valence-electron chi connectivity index (χ2n) is 6.97. The van der Waals surface area contributed by atoms with E-state index in [-0.39, 0.29) is 19.1 Å². The Kier molecular flexibility index (Phi) is 6.56. The molecule has 1 amide bonds. The van der Waals surface area contributed by atoms with Crippen molar-refractivity contribution in [1.29, 1.82) is 0 Å². The molecule has 3 aromatic rings. The van der Waals surface area contributed by atoms with E-state index in [0.717, 1.165) is 16.2 Å². The van der Waals surface area contributed by atoms with E-state index >= 15 is 0 Å². The molecule has 0 radical (unpaired) electrons. The fraction of sp³-hybridized carbons (Fsp3) is 0.350. The molecule has 2 heterocycles. The maximum Gasteiger partial charge on any atom is 0.406 e. The van der Waals surface area contributed by atoms with E-state index in [2.05, 4.69) is 10.1 Å². The Bertz CT molecular complexity index is 925. The Labute approximate surface area is 171 Å². The average Bonchev–Trinajstić information content (AvgIpc) is 3.40. The van der Waals surface area contributed by atoms with Crippen molar-refractivity contribution in [1.82, 2.24) is 24.6 Å². The summed E-state index contributed by atoms with van der Waals surface area (Å²) in [7, 11) is 1.70. The van der Waals surface area contributed by atoms with Crippen LogP contribution in [0.4, 0.5) is 13.2 Å². The third kappa shape index (κ3) is 5.69. The van der Waals surface area contributed by atoms with Gasteiger partial charge in [0.05, 0.1) is 25.0 Å². The number of likely N-dealkylation sites (N-methyl/N-ethyl adjacent to an activating group) is 1. The standard InChI is InChI=1S/C20H22F3N5O2/c1-15(16-5-7-17(8-6-16)28-14-24-13-25-28)26(2)11-19(29)27(12-20(21,22)23)10-18-4-3-9-30-18/h3-9,13-15H,10-12H2,1-2H3/t15-/m0/s1. The van der Waals surface area contributed by atoms with Gasteiger partial charge in [0.1, 0.15) is 25.0 Å². The number of benzene rings is 1. The highest BCUT2D eigenvalue weighted by molar-refractivity contribution is 5.78. The number of furan rings is 1. The quantitative estimate of drug-likeness (QED) is 0.557. The van der Waals surface area contributed by atoms with Gasteiger partial charge in [0.25, 0.3) is 0 Å². The van der Waals surface area contributed by atoms with Crippen LogP contribution >= 0.6 is 0 Å². The summed E-state index contributed by atoms with van der Waals surface area (Å²) in [6.45, 7) is 0.155. The number of hydrogen-bond donors (Lipinski definition) is 0. The van der Waals surface area contributed by atoms with Gasteiger partial charge in [0.15, 0.2) is 0 Å². The number of aromatic nitrogens is 3. The number of amides is 1. The molecule has 10 heteroatoms. The third-order valence-electron chi connectivity index (χ3n) is 4.75. The Hall–Kier alpha value is -3.14. The monoisotopic (exact) mass is 421 g/mol. The summed E-state index contributed by atoms with van der Waals surface area (Å²) < 4.78 is 45.6. The normalized spacial score (nSPS) is 12.9. The lowest BCUT2D eigenvalue weighted by Gasteiger charge is -2.29. The molecule has 0 fully saturated rings. The number of alkyl halides is 3. The molecule has 1 aromatic carbocycles. The van der Waals surface area contributed by atoms with Gasteiger partial charge in [-0.2, -0.15) is 18.3 Å². The number of hydrogen-bond acceptors (Lipinski definition) is 5. The summed E-state index contributed by atoms with van der Waals surface area (Å²) >= 11 is 0. The van der Waals surface area contributed by atoms with Crippen LogP contribution in [0.25, 0.3) is 5.69 Å². The van der Waals surface area contributed by atoms with E-state index in [0.29, 0.717) is 5.76 Å². The molecule has 0 aliphatic rings. The van der Waals surface area contributed by atoms with Crippen molar-refractivity contribution in [2.75, 3.05) is 20.1 Å². The minimum absolute atomic E-state index is 0.164. The van der Waals surface area contributed by atoms with E-state index in [1.165, 1.54) is 12.6 Å². The zero-order chi connectivity index (χ0) is 21.7. The first-order chi connectivity index (χ1) is 14.2. The predicted molar refractivity (Wildman–Crippen MR) is 103 cm³/mol. The first-order valence-electron chi connectivity index (χ1n) is 9.25. The Morgan fingerprint density at radius 2 is 1.97 bits per heavy atom. The third-order valence-corrected chi connectivity index (χ3v) is 4.75. The Balaban J connectivity index is 1.65. The second kappa shape index (κ2) is 9.12. The lowest BCUT2D eigenvalue weighted by molar-refractivity contribution is -0.163. The smallest absolute Gasteiger partial charge is 0.406 e. The Morgan fingerprint density at radius 3 is 2.53 bits per heavy atom. The number of halogens is 3. The van der Waals surface area contributed by atoms with E-state index in [1.807, 2.05) is 31.2 Å². The van der Waals surface area contributed by atoms with Crippen molar-refractivity contribution in [3.63, 3.8) is 0 Å². The summed E-state index contributed by atoms with van der Waals surface area (Å²) in [6, 6.07) is 10.4. The SMILES string of the molecule is C[C@@H](c1ccc(-n2cncn2)cc1)N(C)CC(=O)N(Cc1ccco1)CC(F)(F)F. The molecule has 3 rings (SSSR count). The van der Waals surface area contributed by atoms with Crippen LogP contribution in [-0.2, 0) is 11.3 Å². The molecule has 1 atom stereocenters. The van der Waals surface area contributed by atoms with Gasteiger partial charge < -0.3 is 9.32 Å². The van der Waals surface area contributed by atoms with Gasteiger partial charge >= 0.3 is 6.18 Å². The molecule has 0 saturated heterocycles. The molecule has 160 valence electrons. The van der Waals surface area contributed by atoms with E-state index < -0.39 is 18.6 Å². The van der Waals surface area contributed by atoms with Crippen LogP contribution < -0.4 is 0 Å². The molecular weight excluding hydrogens is 399 g/mol. The minimum atomic E-state index is -4.50. The predicted octanol–water partition coefficient (Wildman–Crippen LogP) is 3.44. The van der Waals surface area contributed by atoms with Crippen LogP contribution in [0.3, 0.4) is 0 Å². The van der Waals surface area contributed by atoms with Crippen LogP contribution in [0.2, 0.25) is 0 Å². The van der Waals surface area contributed by atoms with Gasteiger partial charge in [-0.05, 0) is 43.8 Å². The molecule has 30 heavy (non-hydrogen) atoms. The molecular formula is C20H22F3N5O2. The van der Waals surface area contributed by atoms with Gasteiger partial charge in [0, 0.05) is 6.04 Å². The summed E-state index contributed by atoms with van der Waals surface area (Å²) in [4.78, 5) is 19.0. The van der Waals surface area contributed by atoms with Gasteiger partial charge in [-0.25, -0.2) is 9.67 Å². The molecule has 0 aliphatic heterocycles. The molecule has 0 spiro atoms. The first kappa shape index (κ1) is 21.6. The van der Waals surface area contributed by atoms with Gasteiger partial charge in [0.2, 0.25) is 5.91 Å². The maximum atomic E-state index is 13.0. The largest absolute Gasteiger partial charge is 0.467 e. The van der Waals surface area contributed by atoms with Crippen LogP contribution in [0, 0.1) is 0 Å².